The summed E-state index contributed by atoms with van der Waals surface area (Å²) >= 11 is 0. The topological polar surface area (TPSA) is 50.4 Å². The van der Waals surface area contributed by atoms with E-state index in [1.165, 1.54) is 12.1 Å². The van der Waals surface area contributed by atoms with Crippen LogP contribution in [0.25, 0.3) is 0 Å². The zero-order valence-electron chi connectivity index (χ0n) is 13.0. The average molecular weight is 330 g/mol. The maximum absolute atomic E-state index is 12.3. The molecule has 1 unspecified atom stereocenters. The molecule has 7 heteroatoms. The fraction of sp³-hybridized carbons (Fsp3) is 0.562. The Morgan fingerprint density at radius 2 is 2.04 bits per heavy atom. The fourth-order valence-corrected chi connectivity index (χ4v) is 2.68. The van der Waals surface area contributed by atoms with Crippen molar-refractivity contribution < 1.29 is 22.7 Å². The Morgan fingerprint density at radius 1 is 1.35 bits per heavy atom. The number of benzene rings is 1. The molecule has 1 aliphatic rings. The van der Waals surface area contributed by atoms with Crippen LogP contribution in [0.2, 0.25) is 0 Å². The van der Waals surface area contributed by atoms with Crippen LogP contribution in [0.4, 0.5) is 13.2 Å². The molecule has 4 nitrogen and oxygen atoms in total. The molecule has 2 N–H and O–H groups in total. The van der Waals surface area contributed by atoms with Gasteiger partial charge < -0.3 is 15.4 Å². The number of alkyl halides is 3. The van der Waals surface area contributed by atoms with E-state index in [-0.39, 0.29) is 11.7 Å². The van der Waals surface area contributed by atoms with Gasteiger partial charge in [-0.25, -0.2) is 0 Å². The Morgan fingerprint density at radius 3 is 2.57 bits per heavy atom. The van der Waals surface area contributed by atoms with Crippen LogP contribution in [-0.4, -0.2) is 30.8 Å². The predicted octanol–water partition coefficient (Wildman–Crippen LogP) is 2.78. The predicted molar refractivity (Wildman–Crippen MR) is 80.1 cm³/mol. The standard InChI is InChI=1S/C16H21F3N2O2/c1-2-15(8-3-9-21-15)14(22)20-10-12-4-6-13(7-5-12)23-11-16(17,18)19/h4-7,21H,2-3,8-11H2,1H3,(H,20,22). The highest BCUT2D eigenvalue weighted by atomic mass is 19.4. The lowest BCUT2D eigenvalue weighted by atomic mass is 9.93. The van der Waals surface area contributed by atoms with Crippen LogP contribution in [0, 0.1) is 0 Å². The van der Waals surface area contributed by atoms with Gasteiger partial charge >= 0.3 is 6.18 Å². The summed E-state index contributed by atoms with van der Waals surface area (Å²) in [6.07, 6.45) is -1.83. The quantitative estimate of drug-likeness (QED) is 0.843. The van der Waals surface area contributed by atoms with E-state index in [9.17, 15) is 18.0 Å². The summed E-state index contributed by atoms with van der Waals surface area (Å²) in [5.41, 5.74) is 0.317. The van der Waals surface area contributed by atoms with Gasteiger partial charge in [0.15, 0.2) is 6.61 Å². The van der Waals surface area contributed by atoms with Crippen molar-refractivity contribution in [3.8, 4) is 5.75 Å². The summed E-state index contributed by atoms with van der Waals surface area (Å²) in [4.78, 5) is 12.3. The van der Waals surface area contributed by atoms with Crippen LogP contribution in [0.1, 0.15) is 31.7 Å². The van der Waals surface area contributed by atoms with Crippen LogP contribution in [0.15, 0.2) is 24.3 Å². The van der Waals surface area contributed by atoms with Gasteiger partial charge in [0.1, 0.15) is 5.75 Å². The monoisotopic (exact) mass is 330 g/mol. The molecule has 1 aliphatic heterocycles. The summed E-state index contributed by atoms with van der Waals surface area (Å²) in [6, 6.07) is 6.23. The Kier molecular flexibility index (Phi) is 5.51. The first-order valence-electron chi connectivity index (χ1n) is 7.66. The van der Waals surface area contributed by atoms with E-state index in [1.807, 2.05) is 6.92 Å². The van der Waals surface area contributed by atoms with Crippen molar-refractivity contribution in [2.75, 3.05) is 13.2 Å². The summed E-state index contributed by atoms with van der Waals surface area (Å²) in [7, 11) is 0. The van der Waals surface area contributed by atoms with Gasteiger partial charge in [-0.2, -0.15) is 13.2 Å². The third-order valence-corrected chi connectivity index (χ3v) is 4.06. The minimum absolute atomic E-state index is 0.0325. The first kappa shape index (κ1) is 17.6. The molecule has 23 heavy (non-hydrogen) atoms. The highest BCUT2D eigenvalue weighted by molar-refractivity contribution is 5.86. The van der Waals surface area contributed by atoms with Gasteiger partial charge in [-0.05, 0) is 43.5 Å². The van der Waals surface area contributed by atoms with Crippen molar-refractivity contribution in [3.05, 3.63) is 29.8 Å². The fourth-order valence-electron chi connectivity index (χ4n) is 2.68. The highest BCUT2D eigenvalue weighted by Gasteiger charge is 2.38. The molecule has 0 aliphatic carbocycles. The molecule has 1 heterocycles. The van der Waals surface area contributed by atoms with Crippen molar-refractivity contribution in [1.29, 1.82) is 0 Å². The van der Waals surface area contributed by atoms with Crippen LogP contribution in [-0.2, 0) is 11.3 Å². The number of carbonyl (C=O) groups excluding carboxylic acids is 1. The van der Waals surface area contributed by atoms with Crippen molar-refractivity contribution in [1.82, 2.24) is 10.6 Å². The van der Waals surface area contributed by atoms with Crippen LogP contribution >= 0.6 is 0 Å². The van der Waals surface area contributed by atoms with Gasteiger partial charge in [0, 0.05) is 6.54 Å². The van der Waals surface area contributed by atoms with E-state index in [0.29, 0.717) is 6.54 Å². The van der Waals surface area contributed by atoms with Gasteiger partial charge in [-0.3, -0.25) is 4.79 Å². The number of amides is 1. The molecule has 0 radical (unpaired) electrons. The minimum atomic E-state index is -4.35. The Bertz CT molecular complexity index is 523. The molecular formula is C16H21F3N2O2. The van der Waals surface area contributed by atoms with Crippen LogP contribution in [0.3, 0.4) is 0 Å². The minimum Gasteiger partial charge on any atom is -0.484 e. The molecule has 0 saturated carbocycles. The normalized spacial score (nSPS) is 21.2. The number of hydrogen-bond acceptors (Lipinski definition) is 3. The lowest BCUT2D eigenvalue weighted by Crippen LogP contribution is -2.52. The summed E-state index contributed by atoms with van der Waals surface area (Å²) in [6.45, 7) is 1.84. The largest absolute Gasteiger partial charge is 0.484 e. The number of halogens is 3. The number of ether oxygens (including phenoxy) is 1. The molecule has 2 rings (SSSR count). The summed E-state index contributed by atoms with van der Waals surface area (Å²) in [5, 5.41) is 6.14. The van der Waals surface area contributed by atoms with Gasteiger partial charge in [0.2, 0.25) is 5.91 Å². The van der Waals surface area contributed by atoms with E-state index >= 15 is 0 Å². The highest BCUT2D eigenvalue weighted by Crippen LogP contribution is 2.23. The second kappa shape index (κ2) is 7.21. The first-order valence-corrected chi connectivity index (χ1v) is 7.66. The molecule has 0 aromatic heterocycles. The number of nitrogens with one attached hydrogen (secondary N) is 2. The maximum Gasteiger partial charge on any atom is 0.422 e. The Labute approximate surface area is 133 Å². The molecular weight excluding hydrogens is 309 g/mol. The zero-order chi connectivity index (χ0) is 16.9. The van der Waals surface area contributed by atoms with Gasteiger partial charge in [-0.15, -0.1) is 0 Å². The van der Waals surface area contributed by atoms with Gasteiger partial charge in [0.25, 0.3) is 0 Å². The molecule has 0 spiro atoms. The third-order valence-electron chi connectivity index (χ3n) is 4.06. The van der Waals surface area contributed by atoms with Crippen molar-refractivity contribution >= 4 is 5.91 Å². The van der Waals surface area contributed by atoms with E-state index in [4.69, 9.17) is 0 Å². The van der Waals surface area contributed by atoms with E-state index in [1.54, 1.807) is 12.1 Å². The summed E-state index contributed by atoms with van der Waals surface area (Å²) in [5.74, 6) is 0.120. The molecule has 1 saturated heterocycles. The average Bonchev–Trinajstić information content (AvgIpc) is 3.01. The van der Waals surface area contributed by atoms with Crippen LogP contribution in [0.5, 0.6) is 5.75 Å². The molecule has 1 aromatic rings. The SMILES string of the molecule is CCC1(C(=O)NCc2ccc(OCC(F)(F)F)cc2)CCCN1. The number of hydrogen-bond donors (Lipinski definition) is 2. The second-order valence-electron chi connectivity index (χ2n) is 5.70. The van der Waals surface area contributed by atoms with E-state index in [0.717, 1.165) is 31.4 Å². The first-order chi connectivity index (χ1) is 10.8. The summed E-state index contributed by atoms with van der Waals surface area (Å²) < 4.78 is 40.9. The van der Waals surface area contributed by atoms with Crippen LogP contribution < -0.4 is 15.4 Å². The smallest absolute Gasteiger partial charge is 0.422 e. The Balaban J connectivity index is 1.85. The molecule has 1 fully saturated rings. The molecule has 1 aromatic carbocycles. The lowest BCUT2D eigenvalue weighted by molar-refractivity contribution is -0.153. The van der Waals surface area contributed by atoms with Crippen molar-refractivity contribution in [2.24, 2.45) is 0 Å². The molecule has 0 bridgehead atoms. The van der Waals surface area contributed by atoms with Gasteiger partial charge in [-0.1, -0.05) is 19.1 Å². The number of rotatable bonds is 6. The number of carbonyl (C=O) groups is 1. The van der Waals surface area contributed by atoms with Crippen molar-refractivity contribution in [3.63, 3.8) is 0 Å². The third kappa shape index (κ3) is 4.86. The Hall–Kier alpha value is -1.76. The van der Waals surface area contributed by atoms with Crippen molar-refractivity contribution in [2.45, 2.75) is 44.4 Å². The van der Waals surface area contributed by atoms with E-state index in [2.05, 4.69) is 15.4 Å². The molecule has 1 atom stereocenters. The molecule has 1 amide bonds. The van der Waals surface area contributed by atoms with Gasteiger partial charge in [0.05, 0.1) is 5.54 Å². The molecule has 128 valence electrons. The second-order valence-corrected chi connectivity index (χ2v) is 5.70. The van der Waals surface area contributed by atoms with E-state index < -0.39 is 18.3 Å². The lowest BCUT2D eigenvalue weighted by Gasteiger charge is -2.26. The zero-order valence-corrected chi connectivity index (χ0v) is 13.0. The maximum atomic E-state index is 12.3.